The van der Waals surface area contributed by atoms with E-state index in [1.165, 1.54) is 32.4 Å². The summed E-state index contributed by atoms with van der Waals surface area (Å²) in [6, 6.07) is 0.568. The van der Waals surface area contributed by atoms with Crippen molar-refractivity contribution in [2.24, 2.45) is 0 Å². The zero-order chi connectivity index (χ0) is 16.9. The number of ether oxygens (including phenoxy) is 1. The number of carbonyl (C=O) groups is 2. The van der Waals surface area contributed by atoms with Crippen LogP contribution in [0.1, 0.15) is 52.9 Å². The average molecular weight is 327 g/mol. The van der Waals surface area contributed by atoms with Crippen molar-refractivity contribution in [3.63, 3.8) is 0 Å². The highest BCUT2D eigenvalue weighted by molar-refractivity contribution is 5.72. The van der Waals surface area contributed by atoms with Gasteiger partial charge < -0.3 is 19.4 Å². The lowest BCUT2D eigenvalue weighted by Gasteiger charge is -2.39. The first-order valence-corrected chi connectivity index (χ1v) is 8.54. The Morgan fingerprint density at radius 3 is 2.17 bits per heavy atom. The Morgan fingerprint density at radius 1 is 1.00 bits per heavy atom. The highest BCUT2D eigenvalue weighted by atomic mass is 16.7. The fourth-order valence-electron chi connectivity index (χ4n) is 3.15. The molecule has 7 nitrogen and oxygen atoms in total. The maximum atomic E-state index is 12.0. The quantitative estimate of drug-likeness (QED) is 0.749. The monoisotopic (exact) mass is 327 g/mol. The van der Waals surface area contributed by atoms with Crippen molar-refractivity contribution >= 4 is 12.2 Å². The first-order valence-electron chi connectivity index (χ1n) is 8.54. The molecular weight excluding hydrogens is 298 g/mol. The minimum atomic E-state index is -0.756. The normalized spacial score (nSPS) is 20.9. The zero-order valence-electron chi connectivity index (χ0n) is 14.5. The Kier molecular flexibility index (Phi) is 6.10. The Hall–Kier alpha value is -1.50. The maximum Gasteiger partial charge on any atom is 0.441 e. The van der Waals surface area contributed by atoms with E-state index in [0.717, 1.165) is 12.8 Å². The summed E-state index contributed by atoms with van der Waals surface area (Å²) >= 11 is 0. The molecule has 7 heteroatoms. The third-order valence-electron chi connectivity index (χ3n) is 4.25. The van der Waals surface area contributed by atoms with Gasteiger partial charge in [0.25, 0.3) is 0 Å². The topological polar surface area (TPSA) is 71.1 Å². The summed E-state index contributed by atoms with van der Waals surface area (Å²) in [5, 5.41) is 0. The smallest absolute Gasteiger partial charge is 0.441 e. The molecule has 132 valence electrons. The molecular formula is C16H29N3O4. The molecule has 0 radical (unpaired) electrons. The van der Waals surface area contributed by atoms with E-state index in [-0.39, 0.29) is 0 Å². The second kappa shape index (κ2) is 7.86. The number of hydrogen-bond acceptors (Lipinski definition) is 5. The molecule has 0 aliphatic carbocycles. The van der Waals surface area contributed by atoms with E-state index in [4.69, 9.17) is 9.57 Å². The first kappa shape index (κ1) is 17.8. The van der Waals surface area contributed by atoms with Gasteiger partial charge in [-0.1, -0.05) is 6.42 Å². The molecule has 0 saturated carbocycles. The average Bonchev–Trinajstić information content (AvgIpc) is 2.52. The van der Waals surface area contributed by atoms with Gasteiger partial charge in [0.1, 0.15) is 5.60 Å². The van der Waals surface area contributed by atoms with Gasteiger partial charge in [-0.25, -0.2) is 9.59 Å². The predicted octanol–water partition coefficient (Wildman–Crippen LogP) is 2.51. The molecule has 0 unspecified atom stereocenters. The molecule has 2 rings (SSSR count). The lowest BCUT2D eigenvalue weighted by Crippen LogP contribution is -2.49. The van der Waals surface area contributed by atoms with Crippen molar-refractivity contribution in [3.8, 4) is 0 Å². The van der Waals surface area contributed by atoms with Crippen molar-refractivity contribution in [1.29, 1.82) is 0 Å². The molecule has 2 aliphatic heterocycles. The molecule has 2 aliphatic rings. The van der Waals surface area contributed by atoms with Gasteiger partial charge in [0, 0.05) is 19.1 Å². The van der Waals surface area contributed by atoms with Crippen LogP contribution in [0.15, 0.2) is 0 Å². The number of hydroxylamine groups is 1. The van der Waals surface area contributed by atoms with Gasteiger partial charge in [0.05, 0.1) is 0 Å². The molecule has 2 amide bonds. The predicted molar refractivity (Wildman–Crippen MR) is 85.9 cm³/mol. The molecule has 0 bridgehead atoms. The fraction of sp³-hybridized carbons (Fsp3) is 0.875. The number of nitrogens with one attached hydrogen (secondary N) is 1. The van der Waals surface area contributed by atoms with Crippen molar-refractivity contribution in [1.82, 2.24) is 15.3 Å². The Bertz CT molecular complexity index is 408. The number of nitrogens with zero attached hydrogens (tertiary/aromatic N) is 2. The standard InChI is InChI=1S/C16H29N3O4/c1-16(2,3)22-14(20)17-23-15(21)19-11-7-13(8-12-19)18-9-5-4-6-10-18/h13H,4-12H2,1-3H3,(H,17,20). The number of rotatable bonds is 1. The summed E-state index contributed by atoms with van der Waals surface area (Å²) in [7, 11) is 0. The van der Waals surface area contributed by atoms with Gasteiger partial charge in [-0.05, 0) is 59.5 Å². The molecule has 2 fully saturated rings. The lowest BCUT2D eigenvalue weighted by molar-refractivity contribution is 0.00136. The highest BCUT2D eigenvalue weighted by Crippen LogP contribution is 2.21. The van der Waals surface area contributed by atoms with Crippen molar-refractivity contribution in [2.75, 3.05) is 26.2 Å². The molecule has 0 aromatic carbocycles. The third kappa shape index (κ3) is 5.89. The van der Waals surface area contributed by atoms with Gasteiger partial charge >= 0.3 is 12.2 Å². The molecule has 0 aromatic heterocycles. The van der Waals surface area contributed by atoms with Gasteiger partial charge in [0.2, 0.25) is 0 Å². The largest absolute Gasteiger partial charge is 0.442 e. The molecule has 0 atom stereocenters. The molecule has 0 spiro atoms. The van der Waals surface area contributed by atoms with Crippen molar-refractivity contribution in [3.05, 3.63) is 0 Å². The van der Waals surface area contributed by atoms with Crippen LogP contribution in [0.5, 0.6) is 0 Å². The summed E-state index contributed by atoms with van der Waals surface area (Å²) in [6.45, 7) is 8.93. The Labute approximate surface area is 138 Å². The number of likely N-dealkylation sites (tertiary alicyclic amines) is 2. The van der Waals surface area contributed by atoms with Crippen LogP contribution in [0.3, 0.4) is 0 Å². The highest BCUT2D eigenvalue weighted by Gasteiger charge is 2.29. The summed E-state index contributed by atoms with van der Waals surface area (Å²) in [4.78, 5) is 32.4. The van der Waals surface area contributed by atoms with E-state index in [9.17, 15) is 9.59 Å². The van der Waals surface area contributed by atoms with E-state index in [1.54, 1.807) is 25.7 Å². The fourth-order valence-corrected chi connectivity index (χ4v) is 3.15. The van der Waals surface area contributed by atoms with Crippen molar-refractivity contribution in [2.45, 2.75) is 64.5 Å². The molecule has 2 heterocycles. The zero-order valence-corrected chi connectivity index (χ0v) is 14.5. The van der Waals surface area contributed by atoms with Gasteiger partial charge in [0.15, 0.2) is 0 Å². The minimum Gasteiger partial charge on any atom is -0.442 e. The van der Waals surface area contributed by atoms with Crippen LogP contribution in [0, 0.1) is 0 Å². The number of carbonyl (C=O) groups excluding carboxylic acids is 2. The molecule has 1 N–H and O–H groups in total. The van der Waals surface area contributed by atoms with Crippen LogP contribution in [0.4, 0.5) is 9.59 Å². The van der Waals surface area contributed by atoms with Gasteiger partial charge in [-0.3, -0.25) is 0 Å². The van der Waals surface area contributed by atoms with Gasteiger partial charge in [-0.2, -0.15) is 0 Å². The van der Waals surface area contributed by atoms with E-state index in [0.29, 0.717) is 19.1 Å². The van der Waals surface area contributed by atoms with Crippen LogP contribution in [0.25, 0.3) is 0 Å². The van der Waals surface area contributed by atoms with Crippen LogP contribution in [-0.4, -0.2) is 59.8 Å². The molecule has 0 aromatic rings. The third-order valence-corrected chi connectivity index (χ3v) is 4.25. The number of piperidine rings is 2. The van der Waals surface area contributed by atoms with E-state index < -0.39 is 17.8 Å². The molecule has 23 heavy (non-hydrogen) atoms. The number of amides is 2. The molecule has 2 saturated heterocycles. The van der Waals surface area contributed by atoms with Crippen LogP contribution in [-0.2, 0) is 9.57 Å². The van der Waals surface area contributed by atoms with E-state index >= 15 is 0 Å². The van der Waals surface area contributed by atoms with Crippen LogP contribution < -0.4 is 5.48 Å². The Morgan fingerprint density at radius 2 is 1.61 bits per heavy atom. The summed E-state index contributed by atoms with van der Waals surface area (Å²) < 4.78 is 5.02. The SMILES string of the molecule is CC(C)(C)OC(=O)NOC(=O)N1CCC(N2CCCCC2)CC1. The van der Waals surface area contributed by atoms with Crippen LogP contribution in [0.2, 0.25) is 0 Å². The summed E-state index contributed by atoms with van der Waals surface area (Å²) in [5.41, 5.74) is 1.43. The van der Waals surface area contributed by atoms with Gasteiger partial charge in [-0.15, -0.1) is 5.48 Å². The van der Waals surface area contributed by atoms with E-state index in [2.05, 4.69) is 4.90 Å². The lowest BCUT2D eigenvalue weighted by atomic mass is 10.0. The second-order valence-corrected chi connectivity index (χ2v) is 7.29. The minimum absolute atomic E-state index is 0.520. The summed E-state index contributed by atoms with van der Waals surface area (Å²) in [6.07, 6.45) is 4.53. The van der Waals surface area contributed by atoms with Crippen LogP contribution >= 0.6 is 0 Å². The second-order valence-electron chi connectivity index (χ2n) is 7.29. The number of hydrogen-bond donors (Lipinski definition) is 1. The first-order chi connectivity index (χ1) is 10.8. The Balaban J connectivity index is 1.68. The maximum absolute atomic E-state index is 12.0. The van der Waals surface area contributed by atoms with Crippen molar-refractivity contribution < 1.29 is 19.2 Å². The van der Waals surface area contributed by atoms with E-state index in [1.807, 2.05) is 5.48 Å². The summed E-state index contributed by atoms with van der Waals surface area (Å²) in [5.74, 6) is 0.